The molecule has 0 aromatic carbocycles. The van der Waals surface area contributed by atoms with E-state index in [9.17, 15) is 9.00 Å². The van der Waals surface area contributed by atoms with E-state index < -0.39 is 15.9 Å². The van der Waals surface area contributed by atoms with Crippen LogP contribution in [-0.2, 0) is 18.9 Å². The van der Waals surface area contributed by atoms with Gasteiger partial charge >= 0.3 is 5.97 Å². The maximum atomic E-state index is 10.8. The first-order valence-corrected chi connectivity index (χ1v) is 5.10. The molecular formula is C5H11O3S+. The number of carboxylic acid groups (broad SMARTS) is 1. The van der Waals surface area contributed by atoms with Crippen LogP contribution in [0.1, 0.15) is 6.42 Å². The predicted molar refractivity (Wildman–Crippen MR) is 37.0 cm³/mol. The molecule has 0 heterocycles. The predicted octanol–water partition coefficient (Wildman–Crippen LogP) is 0.220. The van der Waals surface area contributed by atoms with Crippen molar-refractivity contribution in [2.45, 2.75) is 6.42 Å². The topological polar surface area (TPSA) is 54.4 Å². The highest BCUT2D eigenvalue weighted by atomic mass is 32.2. The molecule has 0 amide bonds. The molecule has 1 N–H and O–H groups in total. The Bertz CT molecular complexity index is 146. The summed E-state index contributed by atoms with van der Waals surface area (Å²) in [5, 5.41) is 8.15. The largest absolute Gasteiger partial charge is 0.481 e. The number of aliphatic carboxylic acids is 1. The molecule has 0 atom stereocenters. The van der Waals surface area contributed by atoms with Gasteiger partial charge in [-0.05, 0) is 0 Å². The normalized spacial score (nSPS) is 11.3. The number of rotatable bonds is 3. The Kier molecular flexibility index (Phi) is 2.84. The molecular weight excluding hydrogens is 140 g/mol. The van der Waals surface area contributed by atoms with Crippen LogP contribution in [0.3, 0.4) is 0 Å². The van der Waals surface area contributed by atoms with E-state index in [4.69, 9.17) is 5.11 Å². The third-order valence-corrected chi connectivity index (χ3v) is 1.99. The van der Waals surface area contributed by atoms with Gasteiger partial charge in [-0.1, -0.05) is 0 Å². The van der Waals surface area contributed by atoms with E-state index in [0.29, 0.717) is 0 Å². The molecule has 0 unspecified atom stereocenters. The molecule has 3 nitrogen and oxygen atoms in total. The summed E-state index contributed by atoms with van der Waals surface area (Å²) in [4.78, 5) is 9.92. The average Bonchev–Trinajstić information content (AvgIpc) is 1.59. The van der Waals surface area contributed by atoms with Crippen LogP contribution in [0.2, 0.25) is 0 Å². The SMILES string of the molecule is C[S+](C)(=O)CCC(=O)O. The van der Waals surface area contributed by atoms with Crippen molar-refractivity contribution >= 4 is 15.9 Å². The lowest BCUT2D eigenvalue weighted by Gasteiger charge is -1.95. The number of carboxylic acids is 1. The molecule has 0 fully saturated rings. The summed E-state index contributed by atoms with van der Waals surface area (Å²) in [7, 11) is -1.85. The number of hydrogen-bond donors (Lipinski definition) is 1. The van der Waals surface area contributed by atoms with E-state index in [0.717, 1.165) is 0 Å². The molecule has 0 saturated heterocycles. The van der Waals surface area contributed by atoms with Gasteiger partial charge in [0.05, 0.1) is 16.4 Å². The second-order valence-electron chi connectivity index (χ2n) is 2.28. The molecule has 0 rings (SSSR count). The Morgan fingerprint density at radius 1 is 1.56 bits per heavy atom. The Morgan fingerprint density at radius 2 is 2.00 bits per heavy atom. The van der Waals surface area contributed by atoms with Crippen LogP contribution < -0.4 is 0 Å². The first kappa shape index (κ1) is 8.62. The summed E-state index contributed by atoms with van der Waals surface area (Å²) in [5.41, 5.74) is 0. The minimum Gasteiger partial charge on any atom is -0.481 e. The van der Waals surface area contributed by atoms with Crippen LogP contribution >= 0.6 is 0 Å². The molecule has 0 radical (unpaired) electrons. The Morgan fingerprint density at radius 3 is 2.11 bits per heavy atom. The minimum atomic E-state index is -1.85. The molecule has 0 aliphatic rings. The van der Waals surface area contributed by atoms with E-state index in [-0.39, 0.29) is 12.2 Å². The van der Waals surface area contributed by atoms with Crippen molar-refractivity contribution < 1.29 is 14.1 Å². The standard InChI is InChI=1S/C5H10O3S/c1-9(2,8)4-3-5(6)7/h3-4H2,1-2H3/p+1. The molecule has 0 spiro atoms. The summed E-state index contributed by atoms with van der Waals surface area (Å²) in [5.74, 6) is -0.603. The number of hydrogen-bond acceptors (Lipinski definition) is 2. The van der Waals surface area contributed by atoms with Gasteiger partial charge in [0.1, 0.15) is 18.3 Å². The maximum absolute atomic E-state index is 10.8. The van der Waals surface area contributed by atoms with Crippen LogP contribution in [0, 0.1) is 0 Å². The zero-order chi connectivity index (χ0) is 7.49. The van der Waals surface area contributed by atoms with Gasteiger partial charge in [-0.3, -0.25) is 4.79 Å². The van der Waals surface area contributed by atoms with Crippen LogP contribution in [-0.4, -0.2) is 29.3 Å². The maximum Gasteiger partial charge on any atom is 0.308 e. The summed E-state index contributed by atoms with van der Waals surface area (Å²) in [6, 6.07) is 0. The Hall–Kier alpha value is -0.380. The Balaban J connectivity index is 3.53. The van der Waals surface area contributed by atoms with Gasteiger partial charge in [-0.25, -0.2) is 0 Å². The Labute approximate surface area is 55.5 Å². The summed E-state index contributed by atoms with van der Waals surface area (Å²) < 4.78 is 10.8. The second kappa shape index (κ2) is 2.96. The first-order valence-electron chi connectivity index (χ1n) is 2.55. The van der Waals surface area contributed by atoms with Gasteiger partial charge in [0.15, 0.2) is 0 Å². The lowest BCUT2D eigenvalue weighted by molar-refractivity contribution is -0.136. The fourth-order valence-corrected chi connectivity index (χ4v) is 0.999. The molecule has 0 aromatic rings. The van der Waals surface area contributed by atoms with Crippen molar-refractivity contribution in [3.8, 4) is 0 Å². The molecule has 4 heteroatoms. The highest BCUT2D eigenvalue weighted by Crippen LogP contribution is 1.95. The molecule has 0 aliphatic carbocycles. The zero-order valence-electron chi connectivity index (χ0n) is 5.59. The van der Waals surface area contributed by atoms with Gasteiger partial charge < -0.3 is 5.11 Å². The summed E-state index contributed by atoms with van der Waals surface area (Å²) in [6.07, 6.45) is 3.14. The number of carbonyl (C=O) groups is 1. The van der Waals surface area contributed by atoms with Gasteiger partial charge in [0.2, 0.25) is 0 Å². The molecule has 0 saturated carbocycles. The van der Waals surface area contributed by atoms with Crippen LogP contribution in [0.4, 0.5) is 0 Å². The fraction of sp³-hybridized carbons (Fsp3) is 0.800. The lowest BCUT2D eigenvalue weighted by Crippen LogP contribution is -2.13. The van der Waals surface area contributed by atoms with Crippen molar-refractivity contribution in [3.05, 3.63) is 0 Å². The van der Waals surface area contributed by atoms with Crippen LogP contribution in [0.15, 0.2) is 0 Å². The molecule has 0 bridgehead atoms. The highest BCUT2D eigenvalue weighted by Gasteiger charge is 2.13. The van der Waals surface area contributed by atoms with Crippen molar-refractivity contribution in [2.75, 3.05) is 18.3 Å². The van der Waals surface area contributed by atoms with Gasteiger partial charge in [-0.15, -0.1) is 4.21 Å². The van der Waals surface area contributed by atoms with E-state index >= 15 is 0 Å². The smallest absolute Gasteiger partial charge is 0.308 e. The first-order chi connectivity index (χ1) is 3.92. The van der Waals surface area contributed by atoms with Crippen molar-refractivity contribution in [1.29, 1.82) is 0 Å². The second-order valence-corrected chi connectivity index (χ2v) is 5.57. The minimum absolute atomic E-state index is 0.00579. The summed E-state index contributed by atoms with van der Waals surface area (Å²) in [6.45, 7) is 0. The summed E-state index contributed by atoms with van der Waals surface area (Å²) >= 11 is 0. The fourth-order valence-electron chi connectivity index (χ4n) is 0.333. The molecule has 54 valence electrons. The van der Waals surface area contributed by atoms with Crippen molar-refractivity contribution in [3.63, 3.8) is 0 Å². The van der Waals surface area contributed by atoms with E-state index in [1.807, 2.05) is 0 Å². The van der Waals surface area contributed by atoms with E-state index in [2.05, 4.69) is 0 Å². The molecule has 9 heavy (non-hydrogen) atoms. The average molecular weight is 151 g/mol. The van der Waals surface area contributed by atoms with Gasteiger partial charge in [0.25, 0.3) is 0 Å². The van der Waals surface area contributed by atoms with E-state index in [1.54, 1.807) is 12.5 Å². The zero-order valence-corrected chi connectivity index (χ0v) is 6.40. The van der Waals surface area contributed by atoms with Crippen LogP contribution in [0.25, 0.3) is 0 Å². The quantitative estimate of drug-likeness (QED) is 0.587. The molecule has 0 aromatic heterocycles. The lowest BCUT2D eigenvalue weighted by atomic mass is 10.5. The van der Waals surface area contributed by atoms with E-state index in [1.165, 1.54) is 0 Å². The highest BCUT2D eigenvalue weighted by molar-refractivity contribution is 8.01. The molecule has 0 aliphatic heterocycles. The van der Waals surface area contributed by atoms with Gasteiger partial charge in [-0.2, -0.15) is 0 Å². The monoisotopic (exact) mass is 151 g/mol. The van der Waals surface area contributed by atoms with Crippen LogP contribution in [0.5, 0.6) is 0 Å². The van der Waals surface area contributed by atoms with Crippen molar-refractivity contribution in [2.24, 2.45) is 0 Å². The van der Waals surface area contributed by atoms with Gasteiger partial charge in [0, 0.05) is 0 Å². The third kappa shape index (κ3) is 7.62. The van der Waals surface area contributed by atoms with Crippen molar-refractivity contribution in [1.82, 2.24) is 0 Å². The third-order valence-electron chi connectivity index (χ3n) is 0.808.